The Morgan fingerprint density at radius 1 is 0.944 bits per heavy atom. The van der Waals surface area contributed by atoms with Gasteiger partial charge in [0.25, 0.3) is 0 Å². The average Bonchev–Trinajstić information content (AvgIpc) is 2.44. The van der Waals surface area contributed by atoms with Crippen LogP contribution in [0.1, 0.15) is 25.2 Å². The molecule has 0 atom stereocenters. The summed E-state index contributed by atoms with van der Waals surface area (Å²) in [6.45, 7) is 7.44. The van der Waals surface area contributed by atoms with Crippen LogP contribution >= 0.6 is 0 Å². The zero-order chi connectivity index (χ0) is 13.1. The van der Waals surface area contributed by atoms with Crippen molar-refractivity contribution in [1.82, 2.24) is 9.97 Å². The summed E-state index contributed by atoms with van der Waals surface area (Å²) in [6.07, 6.45) is 0. The van der Waals surface area contributed by atoms with E-state index in [-0.39, 0.29) is 11.4 Å². The lowest BCUT2D eigenvalue weighted by Gasteiger charge is -2.35. The second kappa shape index (κ2) is 4.89. The molecule has 0 amide bonds. The molecule has 0 unspecified atom stereocenters. The SMILES string of the molecule is CCN1CCN(CC)c2nc(C#N)c(C#N)nc21. The maximum atomic E-state index is 9.00. The molecule has 1 aliphatic rings. The van der Waals surface area contributed by atoms with Crippen molar-refractivity contribution in [3.8, 4) is 12.1 Å². The molecule has 0 spiro atoms. The molecule has 6 heteroatoms. The predicted molar refractivity (Wildman–Crippen MR) is 67.2 cm³/mol. The Balaban J connectivity index is 2.61. The summed E-state index contributed by atoms with van der Waals surface area (Å²) in [6, 6.07) is 3.87. The number of nitriles is 2. The summed E-state index contributed by atoms with van der Waals surface area (Å²) >= 11 is 0. The van der Waals surface area contributed by atoms with Gasteiger partial charge in [-0.25, -0.2) is 9.97 Å². The van der Waals surface area contributed by atoms with E-state index in [2.05, 4.69) is 19.8 Å². The third kappa shape index (κ3) is 1.82. The quantitative estimate of drug-likeness (QED) is 0.766. The first-order valence-corrected chi connectivity index (χ1v) is 5.97. The molecule has 0 fully saturated rings. The number of hydrogen-bond donors (Lipinski definition) is 0. The van der Waals surface area contributed by atoms with Crippen molar-refractivity contribution in [3.05, 3.63) is 11.4 Å². The van der Waals surface area contributed by atoms with Crippen LogP contribution in [0.4, 0.5) is 11.6 Å². The monoisotopic (exact) mass is 242 g/mol. The van der Waals surface area contributed by atoms with Gasteiger partial charge in [-0.15, -0.1) is 0 Å². The van der Waals surface area contributed by atoms with Crippen LogP contribution in [0.25, 0.3) is 0 Å². The summed E-state index contributed by atoms with van der Waals surface area (Å²) in [7, 11) is 0. The number of likely N-dealkylation sites (N-methyl/N-ethyl adjacent to an activating group) is 2. The van der Waals surface area contributed by atoms with Gasteiger partial charge in [-0.1, -0.05) is 0 Å². The largest absolute Gasteiger partial charge is 0.352 e. The van der Waals surface area contributed by atoms with Crippen molar-refractivity contribution in [2.45, 2.75) is 13.8 Å². The highest BCUT2D eigenvalue weighted by Gasteiger charge is 2.25. The van der Waals surface area contributed by atoms with E-state index in [1.54, 1.807) is 0 Å². The zero-order valence-electron chi connectivity index (χ0n) is 10.5. The fraction of sp³-hybridized carbons (Fsp3) is 0.500. The number of anilines is 2. The van der Waals surface area contributed by atoms with Crippen LogP contribution in [0.3, 0.4) is 0 Å². The van der Waals surface area contributed by atoms with Crippen molar-refractivity contribution in [2.24, 2.45) is 0 Å². The second-order valence-corrected chi connectivity index (χ2v) is 3.95. The molecule has 0 aromatic carbocycles. The number of aromatic nitrogens is 2. The molecule has 2 heterocycles. The highest BCUT2D eigenvalue weighted by atomic mass is 15.3. The summed E-state index contributed by atoms with van der Waals surface area (Å²) in [4.78, 5) is 12.7. The number of rotatable bonds is 2. The van der Waals surface area contributed by atoms with Crippen LogP contribution in [0, 0.1) is 22.7 Å². The van der Waals surface area contributed by atoms with Gasteiger partial charge in [-0.05, 0) is 13.8 Å². The molecule has 1 aromatic heterocycles. The highest BCUT2D eigenvalue weighted by Crippen LogP contribution is 2.29. The maximum Gasteiger partial charge on any atom is 0.179 e. The normalized spacial score (nSPS) is 13.8. The number of hydrogen-bond acceptors (Lipinski definition) is 6. The van der Waals surface area contributed by atoms with E-state index in [1.807, 2.05) is 26.0 Å². The van der Waals surface area contributed by atoms with Crippen molar-refractivity contribution >= 4 is 11.6 Å². The topological polar surface area (TPSA) is 79.8 Å². The van der Waals surface area contributed by atoms with Crippen LogP contribution in [-0.2, 0) is 0 Å². The Labute approximate surface area is 106 Å². The average molecular weight is 242 g/mol. The Morgan fingerprint density at radius 2 is 1.33 bits per heavy atom. The van der Waals surface area contributed by atoms with Gasteiger partial charge in [0.2, 0.25) is 0 Å². The molecule has 1 aromatic rings. The van der Waals surface area contributed by atoms with E-state index in [0.717, 1.165) is 26.2 Å². The minimum absolute atomic E-state index is 0.104. The molecular weight excluding hydrogens is 228 g/mol. The second-order valence-electron chi connectivity index (χ2n) is 3.95. The van der Waals surface area contributed by atoms with Crippen LogP contribution < -0.4 is 9.80 Å². The van der Waals surface area contributed by atoms with Crippen molar-refractivity contribution in [1.29, 1.82) is 10.5 Å². The third-order valence-corrected chi connectivity index (χ3v) is 3.07. The molecule has 0 saturated heterocycles. The van der Waals surface area contributed by atoms with Gasteiger partial charge >= 0.3 is 0 Å². The lowest BCUT2D eigenvalue weighted by molar-refractivity contribution is 0.697. The van der Waals surface area contributed by atoms with E-state index >= 15 is 0 Å². The number of fused-ring (bicyclic) bond motifs is 1. The first kappa shape index (κ1) is 12.1. The smallest absolute Gasteiger partial charge is 0.179 e. The van der Waals surface area contributed by atoms with Crippen molar-refractivity contribution < 1.29 is 0 Å². The molecule has 1 aliphatic heterocycles. The molecular formula is C12H14N6. The van der Waals surface area contributed by atoms with Gasteiger partial charge < -0.3 is 9.80 Å². The molecule has 0 N–H and O–H groups in total. The zero-order valence-corrected chi connectivity index (χ0v) is 10.5. The molecule has 2 rings (SSSR count). The first-order valence-electron chi connectivity index (χ1n) is 5.97. The van der Waals surface area contributed by atoms with Gasteiger partial charge in [0, 0.05) is 26.2 Å². The van der Waals surface area contributed by atoms with E-state index in [4.69, 9.17) is 10.5 Å². The summed E-state index contributed by atoms with van der Waals surface area (Å²) < 4.78 is 0. The van der Waals surface area contributed by atoms with Crippen molar-refractivity contribution in [3.63, 3.8) is 0 Å². The van der Waals surface area contributed by atoms with Crippen LogP contribution in [0.15, 0.2) is 0 Å². The molecule has 0 saturated carbocycles. The molecule has 0 aliphatic carbocycles. The lowest BCUT2D eigenvalue weighted by Crippen LogP contribution is -2.42. The third-order valence-electron chi connectivity index (χ3n) is 3.07. The van der Waals surface area contributed by atoms with Gasteiger partial charge in [-0.2, -0.15) is 10.5 Å². The Morgan fingerprint density at radius 3 is 1.61 bits per heavy atom. The minimum Gasteiger partial charge on any atom is -0.352 e. The molecule has 18 heavy (non-hydrogen) atoms. The van der Waals surface area contributed by atoms with Crippen LogP contribution in [0.5, 0.6) is 0 Å². The summed E-state index contributed by atoms with van der Waals surface area (Å²) in [5, 5.41) is 18.0. The van der Waals surface area contributed by atoms with Gasteiger partial charge in [0.05, 0.1) is 0 Å². The molecule has 0 radical (unpaired) electrons. The maximum absolute atomic E-state index is 9.00. The lowest BCUT2D eigenvalue weighted by atomic mass is 10.2. The van der Waals surface area contributed by atoms with E-state index in [1.165, 1.54) is 0 Å². The molecule has 92 valence electrons. The minimum atomic E-state index is 0.104. The predicted octanol–water partition coefficient (Wildman–Crippen LogP) is 0.886. The Bertz CT molecular complexity index is 490. The summed E-state index contributed by atoms with van der Waals surface area (Å²) in [5.74, 6) is 1.42. The van der Waals surface area contributed by atoms with Crippen LogP contribution in [0.2, 0.25) is 0 Å². The standard InChI is InChI=1S/C12H14N6/c1-3-17-5-6-18(4-2)12-11(17)15-9(7-13)10(8-14)16-12/h3-6H2,1-2H3. The van der Waals surface area contributed by atoms with E-state index in [9.17, 15) is 0 Å². The van der Waals surface area contributed by atoms with Gasteiger partial charge in [0.15, 0.2) is 23.0 Å². The Hall–Kier alpha value is -2.34. The van der Waals surface area contributed by atoms with Gasteiger partial charge in [-0.3, -0.25) is 0 Å². The summed E-state index contributed by atoms with van der Waals surface area (Å²) in [5.41, 5.74) is 0.209. The molecule has 6 nitrogen and oxygen atoms in total. The van der Waals surface area contributed by atoms with Crippen LogP contribution in [-0.4, -0.2) is 36.1 Å². The highest BCUT2D eigenvalue weighted by molar-refractivity contribution is 5.67. The van der Waals surface area contributed by atoms with E-state index in [0.29, 0.717) is 11.6 Å². The number of nitrogens with zero attached hydrogens (tertiary/aromatic N) is 6. The van der Waals surface area contributed by atoms with E-state index < -0.39 is 0 Å². The fourth-order valence-corrected chi connectivity index (χ4v) is 2.07. The van der Waals surface area contributed by atoms with Gasteiger partial charge in [0.1, 0.15) is 12.1 Å². The Kier molecular flexibility index (Phi) is 3.29. The first-order chi connectivity index (χ1) is 8.74. The van der Waals surface area contributed by atoms with Crippen molar-refractivity contribution in [2.75, 3.05) is 36.0 Å². The fourth-order valence-electron chi connectivity index (χ4n) is 2.07. The molecule has 0 bridgehead atoms.